The van der Waals surface area contributed by atoms with Gasteiger partial charge in [-0.15, -0.1) is 0 Å². The van der Waals surface area contributed by atoms with E-state index in [1.807, 2.05) is 26.0 Å². The highest BCUT2D eigenvalue weighted by atomic mass is 16.5. The molecular formula is C22H30O5. The number of hydrogen-bond donors (Lipinski definition) is 1. The number of aliphatic hydroxyl groups excluding tert-OH is 1. The molecule has 0 spiro atoms. The molecule has 0 heterocycles. The zero-order chi connectivity index (χ0) is 20.4. The van der Waals surface area contributed by atoms with Gasteiger partial charge in [-0.1, -0.05) is 32.6 Å². The van der Waals surface area contributed by atoms with E-state index in [9.17, 15) is 9.90 Å². The molecule has 5 heteroatoms. The summed E-state index contributed by atoms with van der Waals surface area (Å²) in [6, 6.07) is 3.61. The third-order valence-electron chi connectivity index (χ3n) is 4.04. The van der Waals surface area contributed by atoms with E-state index in [-0.39, 0.29) is 6.61 Å². The molecule has 27 heavy (non-hydrogen) atoms. The highest BCUT2D eigenvalue weighted by molar-refractivity contribution is 5.51. The molecule has 0 aliphatic carbocycles. The van der Waals surface area contributed by atoms with Crippen molar-refractivity contribution in [2.24, 2.45) is 5.92 Å². The number of benzene rings is 1. The SMILES string of the molecule is C=C/C(Oc1ccc([C@@H](O)CC(C)C)c(OC)c1C)=C(\C=C\C)COC=O. The van der Waals surface area contributed by atoms with Crippen molar-refractivity contribution in [2.45, 2.75) is 40.2 Å². The summed E-state index contributed by atoms with van der Waals surface area (Å²) >= 11 is 0. The van der Waals surface area contributed by atoms with Crippen molar-refractivity contribution in [3.05, 3.63) is 59.4 Å². The third-order valence-corrected chi connectivity index (χ3v) is 4.04. The highest BCUT2D eigenvalue weighted by Gasteiger charge is 2.19. The van der Waals surface area contributed by atoms with Gasteiger partial charge in [-0.3, -0.25) is 4.79 Å². The lowest BCUT2D eigenvalue weighted by Crippen LogP contribution is -2.07. The van der Waals surface area contributed by atoms with Crippen LogP contribution in [0.15, 0.2) is 48.3 Å². The molecule has 0 unspecified atom stereocenters. The molecule has 1 aromatic carbocycles. The van der Waals surface area contributed by atoms with Crippen LogP contribution in [0.2, 0.25) is 0 Å². The van der Waals surface area contributed by atoms with E-state index in [2.05, 4.69) is 20.4 Å². The Hall–Kier alpha value is -2.53. The summed E-state index contributed by atoms with van der Waals surface area (Å²) < 4.78 is 16.4. The van der Waals surface area contributed by atoms with Crippen molar-refractivity contribution in [1.29, 1.82) is 0 Å². The molecular weight excluding hydrogens is 344 g/mol. The number of carbonyl (C=O) groups excluding carboxylic acids is 1. The average molecular weight is 374 g/mol. The fourth-order valence-corrected chi connectivity index (χ4v) is 2.80. The van der Waals surface area contributed by atoms with Gasteiger partial charge < -0.3 is 19.3 Å². The molecule has 5 nitrogen and oxygen atoms in total. The Kier molecular flexibility index (Phi) is 9.37. The van der Waals surface area contributed by atoms with E-state index in [1.54, 1.807) is 25.3 Å². The minimum atomic E-state index is -0.610. The maximum absolute atomic E-state index is 10.5. The smallest absolute Gasteiger partial charge is 0.293 e. The average Bonchev–Trinajstić information content (AvgIpc) is 2.63. The summed E-state index contributed by atoms with van der Waals surface area (Å²) in [6.45, 7) is 12.1. The summed E-state index contributed by atoms with van der Waals surface area (Å²) in [5, 5.41) is 10.5. The molecule has 1 rings (SSSR count). The van der Waals surface area contributed by atoms with Gasteiger partial charge in [-0.25, -0.2) is 0 Å². The van der Waals surface area contributed by atoms with Crippen molar-refractivity contribution in [3.63, 3.8) is 0 Å². The zero-order valence-corrected chi connectivity index (χ0v) is 16.8. The number of rotatable bonds is 11. The van der Waals surface area contributed by atoms with Crippen LogP contribution in [0.25, 0.3) is 0 Å². The van der Waals surface area contributed by atoms with Gasteiger partial charge in [0.05, 0.1) is 13.2 Å². The normalized spacial score (nSPS) is 13.3. The molecule has 148 valence electrons. The Labute approximate surface area is 161 Å². The van der Waals surface area contributed by atoms with Crippen LogP contribution in [0.5, 0.6) is 11.5 Å². The molecule has 1 atom stereocenters. The van der Waals surface area contributed by atoms with E-state index < -0.39 is 6.10 Å². The Morgan fingerprint density at radius 3 is 2.56 bits per heavy atom. The maximum Gasteiger partial charge on any atom is 0.293 e. The van der Waals surface area contributed by atoms with Gasteiger partial charge in [0.25, 0.3) is 6.47 Å². The molecule has 1 N–H and O–H groups in total. The van der Waals surface area contributed by atoms with Gasteiger partial charge in [0.1, 0.15) is 23.9 Å². The minimum absolute atomic E-state index is 0.0799. The molecule has 0 aromatic heterocycles. The standard InChI is InChI=1S/C22H30O5/c1-7-9-17(13-26-14-23)20(8-2)27-21-11-10-18(19(24)12-15(3)4)22(25-6)16(21)5/h7-11,14-15,19,24H,2,12-13H2,1,3-6H3/b9-7+,20-17-/t19-/m0/s1. The van der Waals surface area contributed by atoms with E-state index in [1.165, 1.54) is 0 Å². The molecule has 0 aliphatic heterocycles. The molecule has 1 aromatic rings. The topological polar surface area (TPSA) is 65.0 Å². The number of hydrogen-bond acceptors (Lipinski definition) is 5. The zero-order valence-electron chi connectivity index (χ0n) is 16.8. The lowest BCUT2D eigenvalue weighted by molar-refractivity contribution is -0.127. The van der Waals surface area contributed by atoms with Crippen molar-refractivity contribution < 1.29 is 24.1 Å². The number of aliphatic hydroxyl groups is 1. The van der Waals surface area contributed by atoms with Crippen LogP contribution in [0.4, 0.5) is 0 Å². The largest absolute Gasteiger partial charge is 0.496 e. The van der Waals surface area contributed by atoms with E-state index in [0.29, 0.717) is 41.6 Å². The summed E-state index contributed by atoms with van der Waals surface area (Å²) in [5.74, 6) is 2.02. The highest BCUT2D eigenvalue weighted by Crippen LogP contribution is 2.37. The van der Waals surface area contributed by atoms with E-state index in [0.717, 1.165) is 11.1 Å². The van der Waals surface area contributed by atoms with Crippen molar-refractivity contribution in [3.8, 4) is 11.5 Å². The number of carbonyl (C=O) groups is 1. The molecule has 0 amide bonds. The lowest BCUT2D eigenvalue weighted by Gasteiger charge is -2.20. The lowest BCUT2D eigenvalue weighted by atomic mass is 9.97. The first-order chi connectivity index (χ1) is 12.9. The summed E-state index contributed by atoms with van der Waals surface area (Å²) in [7, 11) is 1.57. The number of methoxy groups -OCH3 is 1. The summed E-state index contributed by atoms with van der Waals surface area (Å²) in [5.41, 5.74) is 2.19. The van der Waals surface area contributed by atoms with Crippen LogP contribution in [-0.4, -0.2) is 25.3 Å². The number of allylic oxidation sites excluding steroid dienone is 2. The van der Waals surface area contributed by atoms with Gasteiger partial charge in [-0.2, -0.15) is 0 Å². The van der Waals surface area contributed by atoms with E-state index >= 15 is 0 Å². The first kappa shape index (κ1) is 22.5. The van der Waals surface area contributed by atoms with Crippen LogP contribution in [0, 0.1) is 12.8 Å². The minimum Gasteiger partial charge on any atom is -0.496 e. The molecule has 0 saturated heterocycles. The van der Waals surface area contributed by atoms with E-state index in [4.69, 9.17) is 14.2 Å². The summed E-state index contributed by atoms with van der Waals surface area (Å²) in [4.78, 5) is 10.5. The Bertz CT molecular complexity index is 701. The predicted octanol–water partition coefficient (Wildman–Crippen LogP) is 4.65. The maximum atomic E-state index is 10.5. The fourth-order valence-electron chi connectivity index (χ4n) is 2.80. The van der Waals surface area contributed by atoms with Gasteiger partial charge in [0.15, 0.2) is 0 Å². The quantitative estimate of drug-likeness (QED) is 0.347. The second-order valence-electron chi connectivity index (χ2n) is 6.56. The second kappa shape index (κ2) is 11.2. The second-order valence-corrected chi connectivity index (χ2v) is 6.56. The Morgan fingerprint density at radius 1 is 1.33 bits per heavy atom. The third kappa shape index (κ3) is 6.29. The van der Waals surface area contributed by atoms with Crippen LogP contribution >= 0.6 is 0 Å². The Balaban J connectivity index is 3.29. The van der Waals surface area contributed by atoms with Crippen molar-refractivity contribution in [1.82, 2.24) is 0 Å². The Morgan fingerprint density at radius 2 is 2.04 bits per heavy atom. The molecule has 0 aliphatic rings. The predicted molar refractivity (Wildman–Crippen MR) is 107 cm³/mol. The van der Waals surface area contributed by atoms with Crippen LogP contribution < -0.4 is 9.47 Å². The first-order valence-electron chi connectivity index (χ1n) is 8.96. The van der Waals surface area contributed by atoms with Crippen molar-refractivity contribution in [2.75, 3.05) is 13.7 Å². The molecule has 0 radical (unpaired) electrons. The first-order valence-corrected chi connectivity index (χ1v) is 8.96. The van der Waals surface area contributed by atoms with Crippen LogP contribution in [-0.2, 0) is 9.53 Å². The number of ether oxygens (including phenoxy) is 3. The van der Waals surface area contributed by atoms with Gasteiger partial charge >= 0.3 is 0 Å². The summed E-state index contributed by atoms with van der Waals surface area (Å²) in [6.07, 6.45) is 5.23. The van der Waals surface area contributed by atoms with Crippen LogP contribution in [0.1, 0.15) is 44.4 Å². The van der Waals surface area contributed by atoms with Gasteiger partial charge in [0, 0.05) is 16.7 Å². The monoisotopic (exact) mass is 374 g/mol. The van der Waals surface area contributed by atoms with Crippen molar-refractivity contribution >= 4 is 6.47 Å². The van der Waals surface area contributed by atoms with Crippen LogP contribution in [0.3, 0.4) is 0 Å². The molecule has 0 saturated carbocycles. The molecule has 0 bridgehead atoms. The fraction of sp³-hybridized carbons (Fsp3) is 0.409. The van der Waals surface area contributed by atoms with Gasteiger partial charge in [0.2, 0.25) is 0 Å². The molecule has 0 fully saturated rings. The van der Waals surface area contributed by atoms with Gasteiger partial charge in [-0.05, 0) is 44.4 Å².